The third-order valence-corrected chi connectivity index (χ3v) is 3.35. The lowest BCUT2D eigenvalue weighted by atomic mass is 9.99. The summed E-state index contributed by atoms with van der Waals surface area (Å²) in [6.45, 7) is 4.09. The molecule has 2 nitrogen and oxygen atoms in total. The molecule has 2 rings (SSSR count). The van der Waals surface area contributed by atoms with Crippen molar-refractivity contribution in [1.29, 1.82) is 0 Å². The molecule has 1 saturated carbocycles. The highest BCUT2D eigenvalue weighted by Crippen LogP contribution is 2.35. The number of ether oxygens (including phenoxy) is 1. The van der Waals surface area contributed by atoms with E-state index < -0.39 is 0 Å². The SMILES string of the molecule is COC(C(=O)c1ccc(C)c(C)c1)C1CC1. The van der Waals surface area contributed by atoms with E-state index in [-0.39, 0.29) is 11.9 Å². The molecule has 0 heterocycles. The van der Waals surface area contributed by atoms with E-state index in [1.165, 1.54) is 5.56 Å². The van der Waals surface area contributed by atoms with Gasteiger partial charge in [0, 0.05) is 12.7 Å². The van der Waals surface area contributed by atoms with Crippen LogP contribution in [0.4, 0.5) is 0 Å². The number of hydrogen-bond acceptors (Lipinski definition) is 2. The Balaban J connectivity index is 2.22. The van der Waals surface area contributed by atoms with Crippen molar-refractivity contribution in [2.24, 2.45) is 5.92 Å². The van der Waals surface area contributed by atoms with Crippen LogP contribution in [0.25, 0.3) is 0 Å². The first-order valence-corrected chi connectivity index (χ1v) is 5.77. The Kier molecular flexibility index (Phi) is 3.10. The van der Waals surface area contributed by atoms with Crippen molar-refractivity contribution in [1.82, 2.24) is 0 Å². The highest BCUT2D eigenvalue weighted by atomic mass is 16.5. The number of methoxy groups -OCH3 is 1. The van der Waals surface area contributed by atoms with E-state index in [0.717, 1.165) is 24.0 Å². The van der Waals surface area contributed by atoms with Gasteiger partial charge in [0.2, 0.25) is 0 Å². The predicted molar refractivity (Wildman–Crippen MR) is 63.8 cm³/mol. The summed E-state index contributed by atoms with van der Waals surface area (Å²) in [5.74, 6) is 0.576. The fourth-order valence-corrected chi connectivity index (χ4v) is 1.97. The first-order valence-electron chi connectivity index (χ1n) is 5.77. The van der Waals surface area contributed by atoms with Crippen molar-refractivity contribution < 1.29 is 9.53 Å². The van der Waals surface area contributed by atoms with Crippen molar-refractivity contribution in [2.45, 2.75) is 32.8 Å². The van der Waals surface area contributed by atoms with Crippen LogP contribution in [0.15, 0.2) is 18.2 Å². The van der Waals surface area contributed by atoms with E-state index in [9.17, 15) is 4.79 Å². The van der Waals surface area contributed by atoms with E-state index in [1.54, 1.807) is 7.11 Å². The molecule has 1 aromatic carbocycles. The molecule has 0 N–H and O–H groups in total. The maximum absolute atomic E-state index is 12.2. The number of Topliss-reactive ketones (excluding diaryl/α,β-unsaturated/α-hetero) is 1. The van der Waals surface area contributed by atoms with Crippen molar-refractivity contribution >= 4 is 5.78 Å². The number of ketones is 1. The number of hydrogen-bond donors (Lipinski definition) is 0. The Morgan fingerprint density at radius 2 is 2.00 bits per heavy atom. The van der Waals surface area contributed by atoms with E-state index in [4.69, 9.17) is 4.74 Å². The van der Waals surface area contributed by atoms with Crippen LogP contribution in [0.5, 0.6) is 0 Å². The van der Waals surface area contributed by atoms with Crippen LogP contribution in [-0.4, -0.2) is 19.0 Å². The molecule has 0 saturated heterocycles. The lowest BCUT2D eigenvalue weighted by Gasteiger charge is -2.13. The monoisotopic (exact) mass is 218 g/mol. The zero-order valence-electron chi connectivity index (χ0n) is 10.1. The third-order valence-electron chi connectivity index (χ3n) is 3.35. The Morgan fingerprint density at radius 1 is 1.31 bits per heavy atom. The van der Waals surface area contributed by atoms with Crippen LogP contribution in [-0.2, 0) is 4.74 Å². The van der Waals surface area contributed by atoms with Crippen molar-refractivity contribution in [3.05, 3.63) is 34.9 Å². The average Bonchev–Trinajstić information content (AvgIpc) is 3.07. The van der Waals surface area contributed by atoms with E-state index in [2.05, 4.69) is 6.92 Å². The van der Waals surface area contributed by atoms with Crippen molar-refractivity contribution in [2.75, 3.05) is 7.11 Å². The highest BCUT2D eigenvalue weighted by Gasteiger charge is 2.36. The molecule has 2 heteroatoms. The zero-order valence-corrected chi connectivity index (χ0v) is 10.1. The summed E-state index contributed by atoms with van der Waals surface area (Å²) in [4.78, 5) is 12.2. The summed E-state index contributed by atoms with van der Waals surface area (Å²) in [5.41, 5.74) is 3.16. The molecule has 1 atom stereocenters. The minimum atomic E-state index is -0.234. The smallest absolute Gasteiger partial charge is 0.191 e. The Hall–Kier alpha value is -1.15. The van der Waals surface area contributed by atoms with Gasteiger partial charge in [0.25, 0.3) is 0 Å². The normalized spacial score (nSPS) is 17.2. The molecule has 0 bridgehead atoms. The largest absolute Gasteiger partial charge is 0.373 e. The van der Waals surface area contributed by atoms with Gasteiger partial charge in [-0.05, 0) is 49.8 Å². The molecule has 16 heavy (non-hydrogen) atoms. The maximum Gasteiger partial charge on any atom is 0.191 e. The summed E-state index contributed by atoms with van der Waals surface area (Å²) < 4.78 is 5.31. The van der Waals surface area contributed by atoms with Crippen LogP contribution < -0.4 is 0 Å². The van der Waals surface area contributed by atoms with Gasteiger partial charge in [0.15, 0.2) is 5.78 Å². The van der Waals surface area contributed by atoms with Crippen LogP contribution in [0, 0.1) is 19.8 Å². The molecule has 1 aliphatic rings. The van der Waals surface area contributed by atoms with Gasteiger partial charge < -0.3 is 4.74 Å². The van der Waals surface area contributed by atoms with Gasteiger partial charge >= 0.3 is 0 Å². The van der Waals surface area contributed by atoms with Gasteiger partial charge in [-0.15, -0.1) is 0 Å². The molecule has 86 valence electrons. The van der Waals surface area contributed by atoms with Gasteiger partial charge in [0.05, 0.1) is 0 Å². The molecule has 0 radical (unpaired) electrons. The molecule has 0 aliphatic heterocycles. The van der Waals surface area contributed by atoms with Gasteiger partial charge in [0.1, 0.15) is 6.10 Å². The number of carbonyl (C=O) groups is 1. The zero-order chi connectivity index (χ0) is 11.7. The number of benzene rings is 1. The highest BCUT2D eigenvalue weighted by molar-refractivity contribution is 6.00. The first kappa shape index (κ1) is 11.3. The number of carbonyl (C=O) groups excluding carboxylic acids is 1. The van der Waals surface area contributed by atoms with Gasteiger partial charge in [-0.3, -0.25) is 4.79 Å². The summed E-state index contributed by atoms with van der Waals surface area (Å²) in [5, 5.41) is 0. The summed E-state index contributed by atoms with van der Waals surface area (Å²) >= 11 is 0. The van der Waals surface area contributed by atoms with Crippen LogP contribution >= 0.6 is 0 Å². The predicted octanol–water partition coefficient (Wildman–Crippen LogP) is 2.91. The Bertz CT molecular complexity index is 405. The molecule has 1 fully saturated rings. The Morgan fingerprint density at radius 3 is 2.50 bits per heavy atom. The minimum absolute atomic E-state index is 0.133. The molecular weight excluding hydrogens is 200 g/mol. The van der Waals surface area contributed by atoms with E-state index in [0.29, 0.717) is 5.92 Å². The molecule has 1 aliphatic carbocycles. The second-order valence-corrected chi connectivity index (χ2v) is 4.66. The van der Waals surface area contributed by atoms with Gasteiger partial charge in [-0.25, -0.2) is 0 Å². The molecule has 0 amide bonds. The molecular formula is C14H18O2. The quantitative estimate of drug-likeness (QED) is 0.726. The average molecular weight is 218 g/mol. The topological polar surface area (TPSA) is 26.3 Å². The van der Waals surface area contributed by atoms with Crippen LogP contribution in [0.3, 0.4) is 0 Å². The number of aryl methyl sites for hydroxylation is 2. The number of rotatable bonds is 4. The van der Waals surface area contributed by atoms with Gasteiger partial charge in [-0.2, -0.15) is 0 Å². The second kappa shape index (κ2) is 4.38. The standard InChI is InChI=1S/C14H18O2/c1-9-4-5-12(8-10(9)2)13(15)14(16-3)11-6-7-11/h4-5,8,11,14H,6-7H2,1-3H3. The molecule has 0 aromatic heterocycles. The van der Waals surface area contributed by atoms with Crippen molar-refractivity contribution in [3.8, 4) is 0 Å². The maximum atomic E-state index is 12.2. The summed E-state index contributed by atoms with van der Waals surface area (Å²) in [7, 11) is 1.63. The summed E-state index contributed by atoms with van der Waals surface area (Å²) in [6, 6.07) is 5.87. The molecule has 1 aromatic rings. The fourth-order valence-electron chi connectivity index (χ4n) is 1.97. The van der Waals surface area contributed by atoms with E-state index in [1.807, 2.05) is 25.1 Å². The summed E-state index contributed by atoms with van der Waals surface area (Å²) in [6.07, 6.45) is 2.01. The van der Waals surface area contributed by atoms with Gasteiger partial charge in [-0.1, -0.05) is 12.1 Å². The Labute approximate surface area is 96.6 Å². The van der Waals surface area contributed by atoms with Crippen molar-refractivity contribution in [3.63, 3.8) is 0 Å². The fraction of sp³-hybridized carbons (Fsp3) is 0.500. The second-order valence-electron chi connectivity index (χ2n) is 4.66. The van der Waals surface area contributed by atoms with Crippen LogP contribution in [0.1, 0.15) is 34.3 Å². The minimum Gasteiger partial charge on any atom is -0.373 e. The third kappa shape index (κ3) is 2.17. The molecule has 0 spiro atoms. The van der Waals surface area contributed by atoms with E-state index >= 15 is 0 Å². The lowest BCUT2D eigenvalue weighted by Crippen LogP contribution is -2.25. The lowest BCUT2D eigenvalue weighted by molar-refractivity contribution is 0.0540. The molecule has 1 unspecified atom stereocenters. The first-order chi connectivity index (χ1) is 7.63. The van der Waals surface area contributed by atoms with Crippen LogP contribution in [0.2, 0.25) is 0 Å².